The van der Waals surface area contributed by atoms with Crippen LogP contribution in [-0.2, 0) is 11.2 Å². The summed E-state index contributed by atoms with van der Waals surface area (Å²) in [5.74, 6) is 0.571. The van der Waals surface area contributed by atoms with E-state index in [9.17, 15) is 4.79 Å². The van der Waals surface area contributed by atoms with E-state index in [0.29, 0.717) is 19.0 Å². The Morgan fingerprint density at radius 2 is 1.83 bits per heavy atom. The highest BCUT2D eigenvalue weighted by molar-refractivity contribution is 5.80. The first kappa shape index (κ1) is 17.1. The van der Waals surface area contributed by atoms with Crippen LogP contribution in [-0.4, -0.2) is 19.0 Å². The summed E-state index contributed by atoms with van der Waals surface area (Å²) < 4.78 is 0. The van der Waals surface area contributed by atoms with E-state index in [1.807, 2.05) is 31.2 Å². The van der Waals surface area contributed by atoms with Crippen LogP contribution < -0.4 is 10.6 Å². The van der Waals surface area contributed by atoms with Gasteiger partial charge in [0.05, 0.1) is 6.54 Å². The van der Waals surface area contributed by atoms with Crippen LogP contribution in [0.15, 0.2) is 48.5 Å². The van der Waals surface area contributed by atoms with Crippen molar-refractivity contribution in [3.8, 4) is 0 Å². The molecule has 0 spiro atoms. The number of rotatable bonds is 7. The van der Waals surface area contributed by atoms with E-state index in [2.05, 4.69) is 48.7 Å². The lowest BCUT2D eigenvalue weighted by molar-refractivity contribution is -0.119. The van der Waals surface area contributed by atoms with E-state index < -0.39 is 0 Å². The van der Waals surface area contributed by atoms with Crippen molar-refractivity contribution in [2.45, 2.75) is 33.1 Å². The van der Waals surface area contributed by atoms with E-state index in [4.69, 9.17) is 0 Å². The van der Waals surface area contributed by atoms with E-state index >= 15 is 0 Å². The Kier molecular flexibility index (Phi) is 6.21. The summed E-state index contributed by atoms with van der Waals surface area (Å²) in [7, 11) is 0. The molecule has 122 valence electrons. The molecule has 0 atom stereocenters. The number of amides is 1. The van der Waals surface area contributed by atoms with Crippen LogP contribution in [0, 0.1) is 6.92 Å². The van der Waals surface area contributed by atoms with Gasteiger partial charge in [0.15, 0.2) is 0 Å². The highest BCUT2D eigenvalue weighted by Gasteiger charge is 2.02. The largest absolute Gasteiger partial charge is 0.376 e. The third-order valence-corrected chi connectivity index (χ3v) is 3.85. The normalized spacial score (nSPS) is 10.6. The van der Waals surface area contributed by atoms with E-state index in [1.54, 1.807) is 0 Å². The molecule has 1 amide bonds. The Balaban J connectivity index is 1.70. The highest BCUT2D eigenvalue weighted by Crippen LogP contribution is 2.14. The second-order valence-electron chi connectivity index (χ2n) is 6.22. The first-order valence-electron chi connectivity index (χ1n) is 8.20. The minimum Gasteiger partial charge on any atom is -0.376 e. The first-order chi connectivity index (χ1) is 11.0. The maximum Gasteiger partial charge on any atom is 0.239 e. The minimum atomic E-state index is 0.0188. The second-order valence-corrected chi connectivity index (χ2v) is 6.22. The molecule has 2 N–H and O–H groups in total. The van der Waals surface area contributed by atoms with Gasteiger partial charge < -0.3 is 10.6 Å². The van der Waals surface area contributed by atoms with Crippen LogP contribution in [0.1, 0.15) is 36.5 Å². The van der Waals surface area contributed by atoms with Crippen LogP contribution >= 0.6 is 0 Å². The summed E-state index contributed by atoms with van der Waals surface area (Å²) in [4.78, 5) is 11.9. The summed E-state index contributed by atoms with van der Waals surface area (Å²) >= 11 is 0. The maximum atomic E-state index is 11.9. The van der Waals surface area contributed by atoms with E-state index in [0.717, 1.165) is 12.1 Å². The Morgan fingerprint density at radius 3 is 2.48 bits per heavy atom. The van der Waals surface area contributed by atoms with Gasteiger partial charge in [-0.15, -0.1) is 0 Å². The predicted octanol–water partition coefficient (Wildman–Crippen LogP) is 3.89. The Bertz CT molecular complexity index is 632. The van der Waals surface area contributed by atoms with Crippen molar-refractivity contribution in [1.29, 1.82) is 0 Å². The number of hydrogen-bond acceptors (Lipinski definition) is 2. The average molecular weight is 310 g/mol. The van der Waals surface area contributed by atoms with Crippen LogP contribution in [0.5, 0.6) is 0 Å². The fourth-order valence-electron chi connectivity index (χ4n) is 2.42. The molecule has 23 heavy (non-hydrogen) atoms. The number of carbonyl (C=O) groups is 1. The van der Waals surface area contributed by atoms with Gasteiger partial charge in [-0.1, -0.05) is 50.2 Å². The van der Waals surface area contributed by atoms with Crippen molar-refractivity contribution in [1.82, 2.24) is 5.32 Å². The maximum absolute atomic E-state index is 11.9. The number of hydrogen-bond donors (Lipinski definition) is 2. The van der Waals surface area contributed by atoms with Crippen LogP contribution in [0.25, 0.3) is 0 Å². The SMILES string of the molecule is Cc1cccc(NCC(=O)NCCc2ccc(C(C)C)cc2)c1. The lowest BCUT2D eigenvalue weighted by Crippen LogP contribution is -2.31. The number of aryl methyl sites for hydroxylation is 1. The van der Waals surface area contributed by atoms with Crippen LogP contribution in [0.3, 0.4) is 0 Å². The van der Waals surface area contributed by atoms with Crippen LogP contribution in [0.2, 0.25) is 0 Å². The minimum absolute atomic E-state index is 0.0188. The summed E-state index contributed by atoms with van der Waals surface area (Å²) in [6, 6.07) is 16.6. The van der Waals surface area contributed by atoms with Crippen molar-refractivity contribution in [2.75, 3.05) is 18.4 Å². The predicted molar refractivity (Wildman–Crippen MR) is 96.9 cm³/mol. The lowest BCUT2D eigenvalue weighted by Gasteiger charge is -2.09. The highest BCUT2D eigenvalue weighted by atomic mass is 16.1. The topological polar surface area (TPSA) is 41.1 Å². The molecule has 0 saturated carbocycles. The molecule has 3 heteroatoms. The Morgan fingerprint density at radius 1 is 1.09 bits per heavy atom. The zero-order valence-corrected chi connectivity index (χ0v) is 14.2. The molecule has 0 aliphatic carbocycles. The van der Waals surface area contributed by atoms with Gasteiger partial charge >= 0.3 is 0 Å². The fourth-order valence-corrected chi connectivity index (χ4v) is 2.42. The summed E-state index contributed by atoms with van der Waals surface area (Å²) in [5.41, 5.74) is 4.76. The van der Waals surface area contributed by atoms with Gasteiger partial charge in [0.1, 0.15) is 0 Å². The number of benzene rings is 2. The molecule has 0 bridgehead atoms. The molecule has 0 aromatic heterocycles. The second kappa shape index (κ2) is 8.37. The molecular formula is C20H26N2O. The molecule has 0 unspecified atom stereocenters. The van der Waals surface area contributed by atoms with Gasteiger partial charge in [-0.3, -0.25) is 4.79 Å². The zero-order chi connectivity index (χ0) is 16.7. The molecule has 0 heterocycles. The Labute approximate surface area is 139 Å². The summed E-state index contributed by atoms with van der Waals surface area (Å²) in [5, 5.41) is 6.09. The van der Waals surface area contributed by atoms with Crippen molar-refractivity contribution < 1.29 is 4.79 Å². The molecule has 0 fully saturated rings. The van der Waals surface area contributed by atoms with Crippen molar-refractivity contribution >= 4 is 11.6 Å². The van der Waals surface area contributed by atoms with Gasteiger partial charge in [0, 0.05) is 12.2 Å². The number of anilines is 1. The smallest absolute Gasteiger partial charge is 0.239 e. The first-order valence-corrected chi connectivity index (χ1v) is 8.20. The molecular weight excluding hydrogens is 284 g/mol. The number of carbonyl (C=O) groups excluding carboxylic acids is 1. The molecule has 2 aromatic carbocycles. The van der Waals surface area contributed by atoms with Gasteiger partial charge in [-0.2, -0.15) is 0 Å². The van der Waals surface area contributed by atoms with Crippen LogP contribution in [0.4, 0.5) is 5.69 Å². The lowest BCUT2D eigenvalue weighted by atomic mass is 10.0. The average Bonchev–Trinajstić information content (AvgIpc) is 2.53. The summed E-state index contributed by atoms with van der Waals surface area (Å²) in [6.07, 6.45) is 0.856. The molecule has 0 aliphatic rings. The monoisotopic (exact) mass is 310 g/mol. The fraction of sp³-hybridized carbons (Fsp3) is 0.350. The quantitative estimate of drug-likeness (QED) is 0.814. The standard InChI is InChI=1S/C20H26N2O/c1-15(2)18-9-7-17(8-10-18)11-12-21-20(23)14-22-19-6-4-5-16(3)13-19/h4-10,13,15,22H,11-12,14H2,1-3H3,(H,21,23). The third kappa shape index (κ3) is 5.78. The summed E-state index contributed by atoms with van der Waals surface area (Å²) in [6.45, 7) is 7.38. The van der Waals surface area contributed by atoms with Gasteiger partial charge in [-0.05, 0) is 48.1 Å². The Hall–Kier alpha value is -2.29. The molecule has 2 aromatic rings. The third-order valence-electron chi connectivity index (χ3n) is 3.85. The molecule has 0 aliphatic heterocycles. The molecule has 2 rings (SSSR count). The van der Waals surface area contributed by atoms with Gasteiger partial charge in [0.2, 0.25) is 5.91 Å². The van der Waals surface area contributed by atoms with Gasteiger partial charge in [0.25, 0.3) is 0 Å². The zero-order valence-electron chi connectivity index (χ0n) is 14.2. The van der Waals surface area contributed by atoms with E-state index in [1.165, 1.54) is 16.7 Å². The molecule has 3 nitrogen and oxygen atoms in total. The molecule has 0 radical (unpaired) electrons. The van der Waals surface area contributed by atoms with E-state index in [-0.39, 0.29) is 5.91 Å². The van der Waals surface area contributed by atoms with Crippen molar-refractivity contribution in [3.63, 3.8) is 0 Å². The number of nitrogens with one attached hydrogen (secondary N) is 2. The molecule has 0 saturated heterocycles. The van der Waals surface area contributed by atoms with Crippen molar-refractivity contribution in [3.05, 3.63) is 65.2 Å². The van der Waals surface area contributed by atoms with Gasteiger partial charge in [-0.25, -0.2) is 0 Å². The van der Waals surface area contributed by atoms with Crippen molar-refractivity contribution in [2.24, 2.45) is 0 Å².